The van der Waals surface area contributed by atoms with E-state index in [-0.39, 0.29) is 18.0 Å². The minimum absolute atomic E-state index is 0.000584. The zero-order chi connectivity index (χ0) is 20.5. The van der Waals surface area contributed by atoms with Crippen LogP contribution in [-0.4, -0.2) is 61.1 Å². The molecule has 6 nitrogen and oxygen atoms in total. The smallest absolute Gasteiger partial charge is 0.409 e. The molecule has 1 atom stereocenters. The Morgan fingerprint density at radius 1 is 0.966 bits per heavy atom. The van der Waals surface area contributed by atoms with Gasteiger partial charge in [0.05, 0.1) is 19.2 Å². The highest BCUT2D eigenvalue weighted by molar-refractivity contribution is 5.78. The van der Waals surface area contributed by atoms with Gasteiger partial charge in [0.15, 0.2) is 0 Å². The minimum atomic E-state index is -0.274. The van der Waals surface area contributed by atoms with Crippen LogP contribution in [0.5, 0.6) is 0 Å². The Labute approximate surface area is 172 Å². The maximum atomic E-state index is 12.7. The van der Waals surface area contributed by atoms with Crippen molar-refractivity contribution in [3.8, 4) is 0 Å². The lowest BCUT2D eigenvalue weighted by Gasteiger charge is -2.33. The first-order valence-electron chi connectivity index (χ1n) is 10.2. The van der Waals surface area contributed by atoms with E-state index in [1.54, 1.807) is 11.8 Å². The van der Waals surface area contributed by atoms with Crippen molar-refractivity contribution in [3.05, 3.63) is 71.8 Å². The van der Waals surface area contributed by atoms with Gasteiger partial charge in [-0.3, -0.25) is 9.69 Å². The normalized spacial score (nSPS) is 15.6. The molecule has 1 heterocycles. The van der Waals surface area contributed by atoms with Crippen LogP contribution in [0.15, 0.2) is 60.7 Å². The second-order valence-electron chi connectivity index (χ2n) is 7.18. The van der Waals surface area contributed by atoms with Crippen molar-refractivity contribution in [2.45, 2.75) is 19.4 Å². The molecule has 6 heteroatoms. The molecule has 1 aliphatic heterocycles. The van der Waals surface area contributed by atoms with Gasteiger partial charge in [-0.2, -0.15) is 0 Å². The summed E-state index contributed by atoms with van der Waals surface area (Å²) in [4.78, 5) is 28.3. The molecule has 1 aliphatic rings. The van der Waals surface area contributed by atoms with Gasteiger partial charge in [0, 0.05) is 26.2 Å². The van der Waals surface area contributed by atoms with Crippen molar-refractivity contribution >= 4 is 12.0 Å². The van der Waals surface area contributed by atoms with Crippen molar-refractivity contribution < 1.29 is 14.3 Å². The number of benzene rings is 2. The van der Waals surface area contributed by atoms with Crippen molar-refractivity contribution in [2.24, 2.45) is 0 Å². The summed E-state index contributed by atoms with van der Waals surface area (Å²) in [6, 6.07) is 20.2. The van der Waals surface area contributed by atoms with Gasteiger partial charge in [0.2, 0.25) is 5.91 Å². The van der Waals surface area contributed by atoms with E-state index in [1.165, 1.54) is 5.56 Å². The molecule has 1 N–H and O–H groups in total. The van der Waals surface area contributed by atoms with Crippen LogP contribution in [-0.2, 0) is 16.0 Å². The van der Waals surface area contributed by atoms with Crippen LogP contribution in [0.4, 0.5) is 4.79 Å². The van der Waals surface area contributed by atoms with Crippen LogP contribution in [0, 0.1) is 0 Å². The number of carbonyl (C=O) groups excluding carboxylic acids is 2. The van der Waals surface area contributed by atoms with Crippen molar-refractivity contribution in [1.82, 2.24) is 15.1 Å². The zero-order valence-corrected chi connectivity index (χ0v) is 16.9. The minimum Gasteiger partial charge on any atom is -0.450 e. The Morgan fingerprint density at radius 3 is 2.21 bits per heavy atom. The topological polar surface area (TPSA) is 61.9 Å². The van der Waals surface area contributed by atoms with Gasteiger partial charge in [-0.25, -0.2) is 4.79 Å². The highest BCUT2D eigenvalue weighted by atomic mass is 16.6. The number of piperazine rings is 1. The molecule has 0 bridgehead atoms. The third-order valence-electron chi connectivity index (χ3n) is 5.09. The van der Waals surface area contributed by atoms with E-state index in [0.717, 1.165) is 12.0 Å². The number of amides is 2. The summed E-state index contributed by atoms with van der Waals surface area (Å²) < 4.78 is 5.05. The molecule has 2 amide bonds. The molecule has 0 saturated carbocycles. The van der Waals surface area contributed by atoms with E-state index < -0.39 is 0 Å². The maximum Gasteiger partial charge on any atom is 0.409 e. The first kappa shape index (κ1) is 20.9. The number of rotatable bonds is 7. The van der Waals surface area contributed by atoms with E-state index in [0.29, 0.717) is 39.3 Å². The predicted octanol–water partition coefficient (Wildman–Crippen LogP) is 2.86. The Bertz CT molecular complexity index is 774. The fourth-order valence-electron chi connectivity index (χ4n) is 3.53. The molecule has 3 rings (SSSR count). The van der Waals surface area contributed by atoms with Crippen LogP contribution in [0.25, 0.3) is 0 Å². The van der Waals surface area contributed by atoms with E-state index >= 15 is 0 Å². The zero-order valence-electron chi connectivity index (χ0n) is 16.9. The summed E-state index contributed by atoms with van der Waals surface area (Å²) in [5.74, 6) is -0.000584. The summed E-state index contributed by atoms with van der Waals surface area (Å²) in [6.45, 7) is 5.01. The molecule has 2 aromatic rings. The summed E-state index contributed by atoms with van der Waals surface area (Å²) in [5.41, 5.74) is 2.28. The lowest BCUT2D eigenvalue weighted by atomic mass is 9.99. The molecule has 1 saturated heterocycles. The third kappa shape index (κ3) is 6.32. The fourth-order valence-corrected chi connectivity index (χ4v) is 3.53. The largest absolute Gasteiger partial charge is 0.450 e. The van der Waals surface area contributed by atoms with Crippen molar-refractivity contribution in [2.75, 3.05) is 39.3 Å². The fraction of sp³-hybridized carbons (Fsp3) is 0.391. The second-order valence-corrected chi connectivity index (χ2v) is 7.18. The molecular formula is C23H29N3O3. The van der Waals surface area contributed by atoms with Crippen LogP contribution in [0.1, 0.15) is 24.1 Å². The van der Waals surface area contributed by atoms with Crippen molar-refractivity contribution in [1.29, 1.82) is 0 Å². The highest BCUT2D eigenvalue weighted by Gasteiger charge is 2.24. The number of hydrogen-bond donors (Lipinski definition) is 1. The van der Waals surface area contributed by atoms with Crippen LogP contribution in [0.3, 0.4) is 0 Å². The third-order valence-corrected chi connectivity index (χ3v) is 5.09. The summed E-state index contributed by atoms with van der Waals surface area (Å²) >= 11 is 0. The first-order valence-corrected chi connectivity index (χ1v) is 10.2. The highest BCUT2D eigenvalue weighted by Crippen LogP contribution is 2.18. The average molecular weight is 396 g/mol. The van der Waals surface area contributed by atoms with Gasteiger partial charge in [-0.15, -0.1) is 0 Å². The first-order chi connectivity index (χ1) is 14.2. The molecule has 2 aromatic carbocycles. The second kappa shape index (κ2) is 10.6. The quantitative estimate of drug-likeness (QED) is 0.783. The van der Waals surface area contributed by atoms with Crippen LogP contribution in [0.2, 0.25) is 0 Å². The Balaban J connectivity index is 1.56. The molecule has 0 unspecified atom stereocenters. The van der Waals surface area contributed by atoms with E-state index in [9.17, 15) is 9.59 Å². The summed E-state index contributed by atoms with van der Waals surface area (Å²) in [5, 5.41) is 3.20. The summed E-state index contributed by atoms with van der Waals surface area (Å²) in [6.07, 6.45) is 0.469. The lowest BCUT2D eigenvalue weighted by molar-refractivity contribution is -0.123. The maximum absolute atomic E-state index is 12.7. The van der Waals surface area contributed by atoms with E-state index in [1.807, 2.05) is 48.5 Å². The van der Waals surface area contributed by atoms with Gasteiger partial charge >= 0.3 is 6.09 Å². The molecule has 154 valence electrons. The van der Waals surface area contributed by atoms with E-state index in [2.05, 4.69) is 22.3 Å². The monoisotopic (exact) mass is 395 g/mol. The number of hydrogen-bond acceptors (Lipinski definition) is 4. The molecule has 0 radical (unpaired) electrons. The van der Waals surface area contributed by atoms with Crippen LogP contribution < -0.4 is 5.32 Å². The van der Waals surface area contributed by atoms with Gasteiger partial charge in [0.1, 0.15) is 0 Å². The van der Waals surface area contributed by atoms with Crippen LogP contribution >= 0.6 is 0 Å². The number of carbonyl (C=O) groups is 2. The molecular weight excluding hydrogens is 366 g/mol. The van der Waals surface area contributed by atoms with Gasteiger partial charge < -0.3 is 15.0 Å². The number of ether oxygens (including phenoxy) is 1. The standard InChI is InChI=1S/C23H29N3O3/c1-2-29-23(28)26-15-13-25(14-16-26)18-22(27)24-21(20-11-7-4-8-12-20)17-19-9-5-3-6-10-19/h3-12,21H,2,13-18H2,1H3,(H,24,27)/t21-/m1/s1. The van der Waals surface area contributed by atoms with Gasteiger partial charge in [0.25, 0.3) is 0 Å². The van der Waals surface area contributed by atoms with Crippen molar-refractivity contribution in [3.63, 3.8) is 0 Å². The lowest BCUT2D eigenvalue weighted by Crippen LogP contribution is -2.51. The molecule has 0 spiro atoms. The Morgan fingerprint density at radius 2 is 1.59 bits per heavy atom. The molecule has 0 aliphatic carbocycles. The summed E-state index contributed by atoms with van der Waals surface area (Å²) in [7, 11) is 0. The number of nitrogens with zero attached hydrogens (tertiary/aromatic N) is 2. The van der Waals surface area contributed by atoms with Gasteiger partial charge in [-0.1, -0.05) is 60.7 Å². The van der Waals surface area contributed by atoms with Gasteiger partial charge in [-0.05, 0) is 24.5 Å². The molecule has 0 aromatic heterocycles. The Hall–Kier alpha value is -2.86. The SMILES string of the molecule is CCOC(=O)N1CCN(CC(=O)N[C@H](Cc2ccccc2)c2ccccc2)CC1. The average Bonchev–Trinajstić information content (AvgIpc) is 2.75. The van der Waals surface area contributed by atoms with E-state index in [4.69, 9.17) is 4.74 Å². The molecule has 1 fully saturated rings. The Kier molecular flexibility index (Phi) is 7.64. The molecule has 29 heavy (non-hydrogen) atoms. The number of nitrogens with one attached hydrogen (secondary N) is 1. The predicted molar refractivity (Wildman–Crippen MR) is 113 cm³/mol.